The van der Waals surface area contributed by atoms with Crippen molar-refractivity contribution < 1.29 is 33.3 Å². The Hall–Kier alpha value is -3.42. The Morgan fingerprint density at radius 1 is 1.07 bits per heavy atom. The van der Waals surface area contributed by atoms with Gasteiger partial charge in [0.25, 0.3) is 5.91 Å². The van der Waals surface area contributed by atoms with Gasteiger partial charge in [0.05, 0.1) is 25.3 Å². The molecular weight excluding hydrogens is 390 g/mol. The number of rotatable bonds is 8. The quantitative estimate of drug-likeness (QED) is 0.663. The summed E-state index contributed by atoms with van der Waals surface area (Å²) in [7, 11) is 1.52. The average molecular weight is 415 g/mol. The van der Waals surface area contributed by atoms with Crippen LogP contribution in [-0.2, 0) is 9.53 Å². The van der Waals surface area contributed by atoms with Gasteiger partial charge in [0.1, 0.15) is 13.2 Å². The van der Waals surface area contributed by atoms with Gasteiger partial charge >= 0.3 is 5.97 Å². The maximum absolute atomic E-state index is 12.3. The van der Waals surface area contributed by atoms with Gasteiger partial charge in [-0.15, -0.1) is 0 Å². The number of nitrogens with one attached hydrogen (secondary N) is 1. The van der Waals surface area contributed by atoms with E-state index in [9.17, 15) is 9.59 Å². The van der Waals surface area contributed by atoms with Gasteiger partial charge in [-0.2, -0.15) is 0 Å². The number of benzene rings is 2. The van der Waals surface area contributed by atoms with Crippen LogP contribution in [0.15, 0.2) is 36.4 Å². The highest BCUT2D eigenvalue weighted by Gasteiger charge is 2.18. The first-order chi connectivity index (χ1) is 14.5. The van der Waals surface area contributed by atoms with Crippen molar-refractivity contribution in [1.82, 2.24) is 5.32 Å². The van der Waals surface area contributed by atoms with E-state index in [2.05, 4.69) is 5.32 Å². The van der Waals surface area contributed by atoms with Crippen LogP contribution in [0.3, 0.4) is 0 Å². The molecule has 1 unspecified atom stereocenters. The fourth-order valence-electron chi connectivity index (χ4n) is 2.98. The van der Waals surface area contributed by atoms with Crippen molar-refractivity contribution >= 4 is 11.9 Å². The summed E-state index contributed by atoms with van der Waals surface area (Å²) in [6.45, 7) is 4.70. The van der Waals surface area contributed by atoms with Gasteiger partial charge < -0.3 is 29.0 Å². The van der Waals surface area contributed by atoms with E-state index in [4.69, 9.17) is 23.7 Å². The number of carbonyl (C=O) groups is 2. The zero-order valence-corrected chi connectivity index (χ0v) is 17.2. The van der Waals surface area contributed by atoms with Gasteiger partial charge in [0.2, 0.25) is 0 Å². The van der Waals surface area contributed by atoms with Crippen molar-refractivity contribution in [1.29, 1.82) is 0 Å². The number of carbonyl (C=O) groups excluding carboxylic acids is 2. The molecule has 1 aliphatic rings. The third-order valence-electron chi connectivity index (χ3n) is 4.48. The molecule has 0 bridgehead atoms. The Kier molecular flexibility index (Phi) is 7.00. The average Bonchev–Trinajstić information content (AvgIpc) is 2.77. The first-order valence-electron chi connectivity index (χ1n) is 9.68. The zero-order valence-electron chi connectivity index (χ0n) is 17.2. The second-order valence-corrected chi connectivity index (χ2v) is 6.57. The number of hydrogen-bond donors (Lipinski definition) is 1. The summed E-state index contributed by atoms with van der Waals surface area (Å²) in [5.74, 6) is 1.25. The highest BCUT2D eigenvalue weighted by Crippen LogP contribution is 2.32. The minimum Gasteiger partial charge on any atom is -0.493 e. The minimum absolute atomic E-state index is 0.270. The van der Waals surface area contributed by atoms with E-state index in [1.54, 1.807) is 12.1 Å². The molecule has 0 fully saturated rings. The van der Waals surface area contributed by atoms with Gasteiger partial charge in [0, 0.05) is 0 Å². The minimum atomic E-state index is -0.624. The van der Waals surface area contributed by atoms with E-state index >= 15 is 0 Å². The molecule has 0 radical (unpaired) electrons. The lowest BCUT2D eigenvalue weighted by Crippen LogP contribution is -2.31. The fraction of sp³-hybridized carbons (Fsp3) is 0.364. The number of hydrogen-bond acceptors (Lipinski definition) is 7. The molecule has 0 saturated carbocycles. The van der Waals surface area contributed by atoms with Crippen LogP contribution in [0.1, 0.15) is 35.8 Å². The van der Waals surface area contributed by atoms with E-state index in [0.717, 1.165) is 5.56 Å². The monoisotopic (exact) mass is 415 g/mol. The third kappa shape index (κ3) is 5.14. The first-order valence-corrected chi connectivity index (χ1v) is 9.68. The molecule has 1 N–H and O–H groups in total. The van der Waals surface area contributed by atoms with Crippen molar-refractivity contribution in [3.8, 4) is 23.0 Å². The maximum atomic E-state index is 12.3. The Bertz CT molecular complexity index is 912. The summed E-state index contributed by atoms with van der Waals surface area (Å²) < 4.78 is 26.8. The van der Waals surface area contributed by atoms with Crippen LogP contribution in [0.2, 0.25) is 0 Å². The van der Waals surface area contributed by atoms with E-state index in [1.807, 2.05) is 32.0 Å². The standard InChI is InChI=1S/C22H25NO7/c1-4-27-19-12-16(6-7-17(19)26-3)22(25)30-13-21(24)23-14(2)15-5-8-18-20(11-15)29-10-9-28-18/h5-8,11-12,14H,4,9-10,13H2,1-3H3,(H,23,24). The second kappa shape index (κ2) is 9.87. The van der Waals surface area contributed by atoms with Gasteiger partial charge in [-0.25, -0.2) is 4.79 Å². The molecule has 160 valence electrons. The maximum Gasteiger partial charge on any atom is 0.338 e. The summed E-state index contributed by atoms with van der Waals surface area (Å²) >= 11 is 0. The molecule has 1 amide bonds. The van der Waals surface area contributed by atoms with Crippen LogP contribution in [-0.4, -0.2) is 45.4 Å². The van der Waals surface area contributed by atoms with Crippen molar-refractivity contribution in [2.24, 2.45) is 0 Å². The zero-order chi connectivity index (χ0) is 21.5. The number of amides is 1. The van der Waals surface area contributed by atoms with Crippen molar-refractivity contribution in [2.75, 3.05) is 33.5 Å². The van der Waals surface area contributed by atoms with Crippen LogP contribution in [0.4, 0.5) is 0 Å². The Labute approximate surface area is 175 Å². The molecule has 0 spiro atoms. The molecule has 8 heteroatoms. The SMILES string of the molecule is CCOc1cc(C(=O)OCC(=O)NC(C)c2ccc3c(c2)OCCO3)ccc1OC. The molecule has 30 heavy (non-hydrogen) atoms. The third-order valence-corrected chi connectivity index (χ3v) is 4.48. The van der Waals surface area contributed by atoms with Crippen LogP contribution in [0, 0.1) is 0 Å². The van der Waals surface area contributed by atoms with Gasteiger partial charge in [0.15, 0.2) is 29.6 Å². The molecule has 1 heterocycles. The van der Waals surface area contributed by atoms with Gasteiger partial charge in [-0.3, -0.25) is 4.79 Å². The number of ether oxygens (including phenoxy) is 5. The summed E-state index contributed by atoms with van der Waals surface area (Å²) in [5, 5.41) is 2.80. The molecule has 0 aliphatic carbocycles. The van der Waals surface area contributed by atoms with Gasteiger partial charge in [-0.05, 0) is 49.7 Å². The molecule has 2 aromatic carbocycles. The number of esters is 1. The first kappa shape index (κ1) is 21.3. The Balaban J connectivity index is 1.55. The number of fused-ring (bicyclic) bond motifs is 1. The molecule has 3 rings (SSSR count). The van der Waals surface area contributed by atoms with Crippen LogP contribution < -0.4 is 24.3 Å². The predicted molar refractivity (Wildman–Crippen MR) is 108 cm³/mol. The molecule has 0 saturated heterocycles. The molecule has 1 aliphatic heterocycles. The molecule has 1 atom stereocenters. The summed E-state index contributed by atoms with van der Waals surface area (Å²) in [6.07, 6.45) is 0. The Morgan fingerprint density at radius 2 is 1.83 bits per heavy atom. The predicted octanol–water partition coefficient (Wildman–Crippen LogP) is 2.90. The van der Waals surface area contributed by atoms with Crippen molar-refractivity contribution in [3.63, 3.8) is 0 Å². The lowest BCUT2D eigenvalue weighted by atomic mass is 10.1. The van der Waals surface area contributed by atoms with Gasteiger partial charge in [-0.1, -0.05) is 6.07 Å². The lowest BCUT2D eigenvalue weighted by Gasteiger charge is -2.21. The number of methoxy groups -OCH3 is 1. The molecule has 8 nitrogen and oxygen atoms in total. The lowest BCUT2D eigenvalue weighted by molar-refractivity contribution is -0.124. The largest absolute Gasteiger partial charge is 0.493 e. The molecule has 2 aromatic rings. The topological polar surface area (TPSA) is 92.3 Å². The fourth-order valence-corrected chi connectivity index (χ4v) is 2.98. The summed E-state index contributed by atoms with van der Waals surface area (Å²) in [4.78, 5) is 24.5. The van der Waals surface area contributed by atoms with E-state index in [0.29, 0.717) is 42.8 Å². The van der Waals surface area contributed by atoms with Crippen LogP contribution >= 0.6 is 0 Å². The van der Waals surface area contributed by atoms with Crippen LogP contribution in [0.5, 0.6) is 23.0 Å². The van der Waals surface area contributed by atoms with Crippen molar-refractivity contribution in [3.05, 3.63) is 47.5 Å². The normalized spacial score (nSPS) is 13.2. The summed E-state index contributed by atoms with van der Waals surface area (Å²) in [6, 6.07) is 9.91. The smallest absolute Gasteiger partial charge is 0.338 e. The highest BCUT2D eigenvalue weighted by atomic mass is 16.6. The van der Waals surface area contributed by atoms with E-state index in [-0.39, 0.29) is 11.6 Å². The summed E-state index contributed by atoms with van der Waals surface area (Å²) in [5.41, 5.74) is 1.13. The van der Waals surface area contributed by atoms with E-state index < -0.39 is 18.5 Å². The highest BCUT2D eigenvalue weighted by molar-refractivity contribution is 5.92. The van der Waals surface area contributed by atoms with Crippen LogP contribution in [0.25, 0.3) is 0 Å². The Morgan fingerprint density at radius 3 is 2.57 bits per heavy atom. The van der Waals surface area contributed by atoms with E-state index in [1.165, 1.54) is 13.2 Å². The molecule has 0 aromatic heterocycles. The second-order valence-electron chi connectivity index (χ2n) is 6.57. The molecular formula is C22H25NO7. The van der Waals surface area contributed by atoms with Crippen molar-refractivity contribution in [2.45, 2.75) is 19.9 Å².